The Balaban J connectivity index is 1.39. The summed E-state index contributed by atoms with van der Waals surface area (Å²) in [5, 5.41) is 3.39. The van der Waals surface area contributed by atoms with Crippen LogP contribution in [0.3, 0.4) is 0 Å². The molecule has 0 saturated carbocycles. The highest BCUT2D eigenvalue weighted by atomic mass is 127. The number of carbonyl (C=O) groups is 1. The van der Waals surface area contributed by atoms with Crippen LogP contribution in [0.2, 0.25) is 5.02 Å². The van der Waals surface area contributed by atoms with Crippen LogP contribution in [-0.4, -0.2) is 17.2 Å². The van der Waals surface area contributed by atoms with E-state index in [0.717, 1.165) is 3.57 Å². The van der Waals surface area contributed by atoms with Gasteiger partial charge < -0.3 is 19.2 Å². The largest absolute Gasteiger partial charge is 0.446 e. The Labute approximate surface area is 220 Å². The van der Waals surface area contributed by atoms with E-state index in [2.05, 4.69) is 32.9 Å². The van der Waals surface area contributed by atoms with Crippen molar-refractivity contribution in [2.45, 2.75) is 6.29 Å². The van der Waals surface area contributed by atoms with Crippen molar-refractivity contribution in [2.75, 3.05) is 5.32 Å². The number of anilines is 1. The smallest absolute Gasteiger partial charge is 0.321 e. The van der Waals surface area contributed by atoms with Crippen molar-refractivity contribution in [2.24, 2.45) is 0 Å². The van der Waals surface area contributed by atoms with Gasteiger partial charge in [-0.05, 0) is 83.3 Å². The summed E-state index contributed by atoms with van der Waals surface area (Å²) in [7, 11) is 0. The number of hydrogen-bond acceptors (Lipinski definition) is 5. The molecule has 0 aliphatic rings. The summed E-state index contributed by atoms with van der Waals surface area (Å²) in [5.41, 5.74) is 2.38. The molecule has 0 saturated heterocycles. The summed E-state index contributed by atoms with van der Waals surface area (Å²) in [6, 6.07) is 28.9. The second kappa shape index (κ2) is 10.4. The highest BCUT2D eigenvalue weighted by Crippen LogP contribution is 2.32. The molecule has 0 bridgehead atoms. The number of halogens is 2. The van der Waals surface area contributed by atoms with E-state index < -0.39 is 12.2 Å². The van der Waals surface area contributed by atoms with Gasteiger partial charge in [0.25, 0.3) is 0 Å². The first-order chi connectivity index (χ1) is 17.0. The first-order valence-corrected chi connectivity index (χ1v) is 12.1. The van der Waals surface area contributed by atoms with Crippen molar-refractivity contribution < 1.29 is 18.7 Å². The predicted molar refractivity (Wildman–Crippen MR) is 144 cm³/mol. The molecule has 0 radical (unpaired) electrons. The number of amides is 1. The SMILES string of the molecule is O=C(Nc1ccc2oc(-c3cc(I)ccc3Cl)nc2c1)C(Oc1ccccc1)Oc1ccccc1. The lowest BCUT2D eigenvalue weighted by molar-refractivity contribution is -0.134. The third-order valence-electron chi connectivity index (χ3n) is 5.00. The lowest BCUT2D eigenvalue weighted by atomic mass is 10.2. The van der Waals surface area contributed by atoms with Crippen molar-refractivity contribution in [3.63, 3.8) is 0 Å². The Bertz CT molecular complexity index is 1430. The molecule has 0 aliphatic heterocycles. The van der Waals surface area contributed by atoms with Crippen molar-refractivity contribution >= 4 is 56.9 Å². The van der Waals surface area contributed by atoms with Gasteiger partial charge in [-0.3, -0.25) is 4.79 Å². The fraction of sp³-hybridized carbons (Fsp3) is 0.0370. The van der Waals surface area contributed by atoms with Crippen molar-refractivity contribution in [1.82, 2.24) is 4.98 Å². The number of nitrogens with one attached hydrogen (secondary N) is 1. The summed E-state index contributed by atoms with van der Waals surface area (Å²) in [6.07, 6.45) is -1.21. The van der Waals surface area contributed by atoms with Gasteiger partial charge >= 0.3 is 12.2 Å². The highest BCUT2D eigenvalue weighted by Gasteiger charge is 2.23. The number of para-hydroxylation sites is 2. The molecule has 6 nitrogen and oxygen atoms in total. The van der Waals surface area contributed by atoms with Crippen molar-refractivity contribution in [3.8, 4) is 23.0 Å². The maximum absolute atomic E-state index is 13.1. The topological polar surface area (TPSA) is 73.6 Å². The molecule has 1 N–H and O–H groups in total. The summed E-state index contributed by atoms with van der Waals surface area (Å²) in [6.45, 7) is 0. The van der Waals surface area contributed by atoms with E-state index in [4.69, 9.17) is 25.5 Å². The maximum Gasteiger partial charge on any atom is 0.321 e. The van der Waals surface area contributed by atoms with Gasteiger partial charge in [0.05, 0.1) is 10.6 Å². The van der Waals surface area contributed by atoms with Crippen molar-refractivity contribution in [3.05, 3.63) is 106 Å². The Kier molecular flexibility index (Phi) is 6.87. The first kappa shape index (κ1) is 23.2. The van der Waals surface area contributed by atoms with Crippen LogP contribution in [0.4, 0.5) is 5.69 Å². The third-order valence-corrected chi connectivity index (χ3v) is 6.00. The number of benzene rings is 4. The molecule has 5 rings (SSSR count). The van der Waals surface area contributed by atoms with Crippen LogP contribution < -0.4 is 14.8 Å². The molecule has 4 aromatic carbocycles. The second-order valence-corrected chi connectivity index (χ2v) is 9.16. The molecule has 0 spiro atoms. The maximum atomic E-state index is 13.1. The molecule has 35 heavy (non-hydrogen) atoms. The fourth-order valence-corrected chi connectivity index (χ4v) is 4.05. The minimum Gasteiger partial charge on any atom is -0.446 e. The van der Waals surface area contributed by atoms with Crippen LogP contribution in [0.15, 0.2) is 101 Å². The minimum atomic E-state index is -1.21. The molecule has 0 unspecified atom stereocenters. The number of hydrogen-bond donors (Lipinski definition) is 1. The number of ether oxygens (including phenoxy) is 2. The molecular weight excluding hydrogens is 579 g/mol. The molecule has 5 aromatic rings. The van der Waals surface area contributed by atoms with Gasteiger partial charge in [-0.1, -0.05) is 48.0 Å². The van der Waals surface area contributed by atoms with Gasteiger partial charge in [-0.2, -0.15) is 0 Å². The van der Waals surface area contributed by atoms with Crippen LogP contribution in [0, 0.1) is 3.57 Å². The zero-order chi connectivity index (χ0) is 24.2. The number of aromatic nitrogens is 1. The Hall–Kier alpha value is -3.56. The number of fused-ring (bicyclic) bond motifs is 1. The summed E-state index contributed by atoms with van der Waals surface area (Å²) in [5.74, 6) is 0.954. The van der Waals surface area contributed by atoms with E-state index in [9.17, 15) is 4.79 Å². The molecule has 8 heteroatoms. The lowest BCUT2D eigenvalue weighted by Crippen LogP contribution is -2.38. The van der Waals surface area contributed by atoms with Gasteiger partial charge in [-0.25, -0.2) is 4.98 Å². The summed E-state index contributed by atoms with van der Waals surface area (Å²) in [4.78, 5) is 17.7. The zero-order valence-corrected chi connectivity index (χ0v) is 21.1. The quantitative estimate of drug-likeness (QED) is 0.159. The Morgan fingerprint density at radius 3 is 2.20 bits per heavy atom. The van der Waals surface area contributed by atoms with E-state index in [1.54, 1.807) is 48.5 Å². The van der Waals surface area contributed by atoms with Gasteiger partial charge in [0, 0.05) is 9.26 Å². The van der Waals surface area contributed by atoms with Gasteiger partial charge in [0.1, 0.15) is 17.0 Å². The standard InChI is InChI=1S/C27H18ClIN2O4/c28-22-13-11-17(29)15-21(22)26-31-23-16-18(12-14-24(23)35-26)30-25(32)27(33-19-7-3-1-4-8-19)34-20-9-5-2-6-10-20/h1-16,27H,(H,30,32). The molecule has 174 valence electrons. The van der Waals surface area contributed by atoms with Gasteiger partial charge in [0.15, 0.2) is 5.58 Å². The average Bonchev–Trinajstić information content (AvgIpc) is 3.29. The summed E-state index contributed by atoms with van der Waals surface area (Å²) >= 11 is 8.55. The lowest BCUT2D eigenvalue weighted by Gasteiger charge is -2.20. The normalized spacial score (nSPS) is 10.9. The minimum absolute atomic E-state index is 0.407. The molecule has 0 fully saturated rings. The molecule has 0 aliphatic carbocycles. The van der Waals surface area contributed by atoms with Crippen LogP contribution in [0.5, 0.6) is 11.5 Å². The van der Waals surface area contributed by atoms with Gasteiger partial charge in [-0.15, -0.1) is 0 Å². The summed E-state index contributed by atoms with van der Waals surface area (Å²) < 4.78 is 18.6. The molecule has 1 aromatic heterocycles. The molecule has 0 atom stereocenters. The number of rotatable bonds is 7. The molecule has 1 amide bonds. The Morgan fingerprint density at radius 2 is 1.54 bits per heavy atom. The Morgan fingerprint density at radius 1 is 0.886 bits per heavy atom. The van der Waals surface area contributed by atoms with E-state index >= 15 is 0 Å². The molecular formula is C27H18ClIN2O4. The first-order valence-electron chi connectivity index (χ1n) is 10.7. The third kappa shape index (κ3) is 5.58. The van der Waals surface area contributed by atoms with E-state index in [1.165, 1.54) is 0 Å². The van der Waals surface area contributed by atoms with E-state index in [-0.39, 0.29) is 0 Å². The van der Waals surface area contributed by atoms with Crippen LogP contribution in [0.25, 0.3) is 22.6 Å². The highest BCUT2D eigenvalue weighted by molar-refractivity contribution is 14.1. The van der Waals surface area contributed by atoms with Crippen LogP contribution >= 0.6 is 34.2 Å². The zero-order valence-electron chi connectivity index (χ0n) is 18.2. The van der Waals surface area contributed by atoms with E-state index in [0.29, 0.717) is 44.8 Å². The monoisotopic (exact) mass is 596 g/mol. The number of carbonyl (C=O) groups excluding carboxylic acids is 1. The number of oxazole rings is 1. The van der Waals surface area contributed by atoms with Crippen molar-refractivity contribution in [1.29, 1.82) is 0 Å². The average molecular weight is 597 g/mol. The molecule has 1 heterocycles. The predicted octanol–water partition coefficient (Wildman–Crippen LogP) is 7.18. The van der Waals surface area contributed by atoms with Crippen LogP contribution in [0.1, 0.15) is 0 Å². The van der Waals surface area contributed by atoms with E-state index in [1.807, 2.05) is 48.5 Å². The second-order valence-electron chi connectivity index (χ2n) is 7.51. The van der Waals surface area contributed by atoms with Crippen LogP contribution in [-0.2, 0) is 4.79 Å². The van der Waals surface area contributed by atoms with Gasteiger partial charge in [0.2, 0.25) is 5.89 Å². The number of nitrogens with zero attached hydrogens (tertiary/aromatic N) is 1. The fourth-order valence-electron chi connectivity index (χ4n) is 3.36.